The Morgan fingerprint density at radius 2 is 1.92 bits per heavy atom. The molecule has 18 heteroatoms. The molecule has 1 unspecified atom stereocenters. The average Bonchev–Trinajstić information content (AvgIpc) is 3.90. The third-order valence-corrected chi connectivity index (χ3v) is 13.2. The van der Waals surface area contributed by atoms with Gasteiger partial charge in [0, 0.05) is 62.4 Å². The number of fused-ring (bicyclic) bond motifs is 2. The minimum Gasteiger partial charge on any atom is -0.389 e. The molecule has 0 radical (unpaired) electrons. The number of imide groups is 1. The number of hydrogen-bond donors (Lipinski definition) is 2. The first-order chi connectivity index (χ1) is 29.1. The molecule has 2 fully saturated rings. The van der Waals surface area contributed by atoms with E-state index in [9.17, 15) is 19.6 Å². The molecule has 8 rings (SSSR count). The van der Waals surface area contributed by atoms with Crippen LogP contribution in [-0.2, 0) is 44.4 Å². The fourth-order valence-electron chi connectivity index (χ4n) is 9.05. The van der Waals surface area contributed by atoms with Crippen molar-refractivity contribution in [2.45, 2.75) is 82.7 Å². The molecule has 3 N–H and O–H groups in total. The topological polar surface area (TPSA) is 213 Å². The normalized spacial score (nSPS) is 21.2. The van der Waals surface area contributed by atoms with Crippen LogP contribution in [0.3, 0.4) is 0 Å². The Morgan fingerprint density at radius 1 is 1.08 bits per heavy atom. The van der Waals surface area contributed by atoms with E-state index in [2.05, 4.69) is 45.2 Å². The highest BCUT2D eigenvalue weighted by Gasteiger charge is 2.43. The van der Waals surface area contributed by atoms with Gasteiger partial charge in [0.15, 0.2) is 0 Å². The smallest absolute Gasteiger partial charge is 0.329 e. The first-order valence-corrected chi connectivity index (χ1v) is 21.5. The number of hydrogen-bond acceptors (Lipinski definition) is 15. The van der Waals surface area contributed by atoms with Crippen LogP contribution in [0.15, 0.2) is 39.8 Å². The zero-order valence-electron chi connectivity index (χ0n) is 34.3. The van der Waals surface area contributed by atoms with Crippen LogP contribution in [0.25, 0.3) is 22.6 Å². The summed E-state index contributed by atoms with van der Waals surface area (Å²) < 4.78 is 20.8. The van der Waals surface area contributed by atoms with Crippen LogP contribution in [0.1, 0.15) is 85.9 Å². The van der Waals surface area contributed by atoms with Gasteiger partial charge in [0.2, 0.25) is 29.5 Å². The number of piperidine rings is 1. The number of amides is 2. The van der Waals surface area contributed by atoms with Crippen LogP contribution in [0, 0.1) is 11.3 Å². The van der Waals surface area contributed by atoms with Gasteiger partial charge >= 0.3 is 5.69 Å². The van der Waals surface area contributed by atoms with Crippen molar-refractivity contribution < 1.29 is 23.6 Å². The van der Waals surface area contributed by atoms with E-state index in [0.29, 0.717) is 78.7 Å². The lowest BCUT2D eigenvalue weighted by molar-refractivity contribution is -0.135. The quantitative estimate of drug-likeness (QED) is 0.120. The Balaban J connectivity index is 0.783. The third-order valence-electron chi connectivity index (χ3n) is 12.1. The minimum absolute atomic E-state index is 0.157. The molecule has 5 aromatic rings. The number of carbonyl (C=O) groups excluding carboxylic acids is 2. The Morgan fingerprint density at radius 3 is 2.73 bits per heavy atom. The Hall–Kier alpha value is -5.48. The fourth-order valence-corrected chi connectivity index (χ4v) is 10.2. The van der Waals surface area contributed by atoms with Crippen LogP contribution in [-0.4, -0.2) is 105 Å². The first-order valence-electron chi connectivity index (χ1n) is 20.7. The summed E-state index contributed by atoms with van der Waals surface area (Å²) in [5, 5.41) is 17.1. The Bertz CT molecular complexity index is 2480. The summed E-state index contributed by atoms with van der Waals surface area (Å²) >= 11 is 1.48. The zero-order chi connectivity index (χ0) is 42.0. The van der Waals surface area contributed by atoms with E-state index in [4.69, 9.17) is 29.7 Å². The predicted molar refractivity (Wildman–Crippen MR) is 225 cm³/mol. The maximum absolute atomic E-state index is 13.2. The molecule has 1 aliphatic carbocycles. The average molecular weight is 838 g/mol. The summed E-state index contributed by atoms with van der Waals surface area (Å²) in [6, 6.07) is 9.30. The van der Waals surface area contributed by atoms with Gasteiger partial charge in [0.1, 0.15) is 22.8 Å². The molecule has 1 aromatic carbocycles. The van der Waals surface area contributed by atoms with Crippen molar-refractivity contribution in [1.29, 1.82) is 5.26 Å². The largest absolute Gasteiger partial charge is 0.389 e. The van der Waals surface area contributed by atoms with E-state index in [-0.39, 0.29) is 24.1 Å². The molecule has 0 spiro atoms. The van der Waals surface area contributed by atoms with Gasteiger partial charge < -0.3 is 24.6 Å². The minimum atomic E-state index is -0.706. The Labute approximate surface area is 351 Å². The number of rotatable bonds is 14. The fraction of sp³-hybridized carbons (Fsp3) is 0.524. The summed E-state index contributed by atoms with van der Waals surface area (Å²) in [4.78, 5) is 57.6. The monoisotopic (exact) mass is 837 g/mol. The van der Waals surface area contributed by atoms with E-state index in [1.165, 1.54) is 15.9 Å². The van der Waals surface area contributed by atoms with Crippen molar-refractivity contribution in [2.24, 2.45) is 7.05 Å². The second-order valence-electron chi connectivity index (χ2n) is 16.1. The number of nitriles is 1. The molecule has 0 saturated carbocycles. The summed E-state index contributed by atoms with van der Waals surface area (Å²) in [5.74, 6) is 0.722. The molecule has 2 aliphatic heterocycles. The van der Waals surface area contributed by atoms with E-state index in [0.717, 1.165) is 79.8 Å². The van der Waals surface area contributed by atoms with Crippen LogP contribution in [0.2, 0.25) is 0 Å². The number of nitrogens with two attached hydrogens (primary N) is 1. The van der Waals surface area contributed by atoms with E-state index < -0.39 is 17.4 Å². The number of imidazole rings is 1. The molecule has 316 valence electrons. The number of thiophene rings is 1. The molecule has 3 atom stereocenters. The molecule has 0 bridgehead atoms. The molecule has 2 saturated heterocycles. The summed E-state index contributed by atoms with van der Waals surface area (Å²) in [6.45, 7) is 9.73. The molecular formula is C42H51N11O6S. The number of carbonyl (C=O) groups is 2. The van der Waals surface area contributed by atoms with Crippen LogP contribution in [0.4, 0.5) is 10.9 Å². The number of nitrogen functional groups attached to an aromatic ring is 1. The number of ether oxygens (including phenoxy) is 2. The first kappa shape index (κ1) is 41.3. The van der Waals surface area contributed by atoms with Crippen LogP contribution in [0.5, 0.6) is 0 Å². The summed E-state index contributed by atoms with van der Waals surface area (Å²) in [7, 11) is 1.72. The molecular weight excluding hydrogens is 787 g/mol. The van der Waals surface area contributed by atoms with E-state index in [1.54, 1.807) is 23.9 Å². The SMILES string of the molecule is C[C@H]1CN(CCOCCOCCCc2cccc3c2n(C)c(=O)n3C2CCC(=O)NC2=O)CCCN1c1nccc(-c2noc([C@@]3(C)CCCc4sc(N)c(C#N)c43)n2)n1. The molecule has 2 amide bonds. The van der Waals surface area contributed by atoms with Crippen molar-refractivity contribution in [3.05, 3.63) is 68.4 Å². The zero-order valence-corrected chi connectivity index (χ0v) is 35.1. The number of aromatic nitrogens is 6. The summed E-state index contributed by atoms with van der Waals surface area (Å²) in [6.07, 6.45) is 7.26. The molecule has 4 aromatic heterocycles. The van der Waals surface area contributed by atoms with Gasteiger partial charge in [-0.3, -0.25) is 28.9 Å². The number of benzene rings is 1. The van der Waals surface area contributed by atoms with Gasteiger partial charge in [-0.15, -0.1) is 11.3 Å². The lowest BCUT2D eigenvalue weighted by Crippen LogP contribution is -2.44. The van der Waals surface area contributed by atoms with Crippen molar-refractivity contribution >= 4 is 45.1 Å². The number of para-hydroxylation sites is 1. The number of nitrogens with one attached hydrogen (secondary N) is 1. The van der Waals surface area contributed by atoms with Crippen LogP contribution >= 0.6 is 11.3 Å². The number of anilines is 2. The van der Waals surface area contributed by atoms with Gasteiger partial charge in [0.05, 0.1) is 41.8 Å². The van der Waals surface area contributed by atoms with E-state index >= 15 is 0 Å². The maximum Gasteiger partial charge on any atom is 0.329 e. The van der Waals surface area contributed by atoms with E-state index in [1.807, 2.05) is 18.2 Å². The second-order valence-corrected chi connectivity index (χ2v) is 17.2. The molecule has 17 nitrogen and oxygen atoms in total. The lowest BCUT2D eigenvalue weighted by Gasteiger charge is -2.30. The van der Waals surface area contributed by atoms with Gasteiger partial charge in [0.25, 0.3) is 0 Å². The number of nitrogens with zero attached hydrogens (tertiary/aromatic N) is 9. The van der Waals surface area contributed by atoms with Gasteiger partial charge in [-0.1, -0.05) is 17.3 Å². The third kappa shape index (κ3) is 8.06. The van der Waals surface area contributed by atoms with Crippen LogP contribution < -0.4 is 21.6 Å². The second kappa shape index (κ2) is 17.6. The molecule has 60 heavy (non-hydrogen) atoms. The highest BCUT2D eigenvalue weighted by Crippen LogP contribution is 2.48. The predicted octanol–water partition coefficient (Wildman–Crippen LogP) is 3.88. The molecule has 6 heterocycles. The highest BCUT2D eigenvalue weighted by molar-refractivity contribution is 7.16. The summed E-state index contributed by atoms with van der Waals surface area (Å²) in [5.41, 5.74) is 9.86. The lowest BCUT2D eigenvalue weighted by atomic mass is 9.72. The number of aryl methyl sites for hydroxylation is 3. The van der Waals surface area contributed by atoms with Gasteiger partial charge in [-0.2, -0.15) is 10.2 Å². The molecule has 3 aliphatic rings. The van der Waals surface area contributed by atoms with Crippen molar-refractivity contribution in [3.63, 3.8) is 0 Å². The van der Waals surface area contributed by atoms with Gasteiger partial charge in [-0.25, -0.2) is 14.8 Å². The Kier molecular flexibility index (Phi) is 12.1. The maximum atomic E-state index is 13.2. The van der Waals surface area contributed by atoms with Crippen molar-refractivity contribution in [1.82, 2.24) is 39.5 Å². The van der Waals surface area contributed by atoms with Crippen molar-refractivity contribution in [2.75, 3.05) is 63.2 Å². The van der Waals surface area contributed by atoms with Gasteiger partial charge in [-0.05, 0) is 83.0 Å². The highest BCUT2D eigenvalue weighted by atomic mass is 32.1. The standard InChI is InChI=1S/C42H51N11O6S/c1-26-25-51(19-21-58-23-22-57-20-6-9-27-8-4-10-30-35(27)50(3)41(56)53(30)31-12-13-33(54)47-38(31)55)17-7-18-52(26)40-45-16-14-29(46-40)37-48-39(59-49-37)42(2)15-5-11-32-34(42)28(24-43)36(44)60-32/h4,8,10,14,16,26,31H,5-7,9,11-13,15,17-23,25,44H2,1-3H3,(H,47,54,55)/t26-,31?,42-/m0/s1. The van der Waals surface area contributed by atoms with Crippen molar-refractivity contribution in [3.8, 4) is 17.6 Å².